The van der Waals surface area contributed by atoms with E-state index in [-0.39, 0.29) is 10.7 Å². The highest BCUT2D eigenvalue weighted by Crippen LogP contribution is 2.13. The van der Waals surface area contributed by atoms with E-state index >= 15 is 0 Å². The number of nitrogens with one attached hydrogen (secondary N) is 1. The summed E-state index contributed by atoms with van der Waals surface area (Å²) in [6.45, 7) is 1.83. The van der Waals surface area contributed by atoms with E-state index in [0.717, 1.165) is 5.69 Å². The number of hydrogen-bond acceptors (Lipinski definition) is 4. The van der Waals surface area contributed by atoms with Gasteiger partial charge in [0.15, 0.2) is 0 Å². The van der Waals surface area contributed by atoms with Crippen molar-refractivity contribution in [2.24, 2.45) is 5.73 Å². The normalized spacial score (nSPS) is 11.1. The zero-order valence-corrected chi connectivity index (χ0v) is 13.0. The van der Waals surface area contributed by atoms with Gasteiger partial charge in [0.2, 0.25) is 10.0 Å². The molecule has 0 unspecified atom stereocenters. The second kappa shape index (κ2) is 6.19. The molecule has 7 heteroatoms. The number of aryl methyl sites for hydroxylation is 1. The van der Waals surface area contributed by atoms with Crippen LogP contribution in [-0.2, 0) is 15.8 Å². The number of aromatic nitrogens is 1. The molecule has 0 aliphatic carbocycles. The van der Waals surface area contributed by atoms with Gasteiger partial charge in [0, 0.05) is 11.3 Å². The third-order valence-corrected chi connectivity index (χ3v) is 4.25. The van der Waals surface area contributed by atoms with Crippen molar-refractivity contribution in [2.75, 3.05) is 4.72 Å². The van der Waals surface area contributed by atoms with Crippen LogP contribution < -0.4 is 10.5 Å². The largest absolute Gasteiger partial charge is 0.389 e. The summed E-state index contributed by atoms with van der Waals surface area (Å²) in [5.74, 6) is -0.155. The first-order chi connectivity index (χ1) is 9.85. The third kappa shape index (κ3) is 4.51. The summed E-state index contributed by atoms with van der Waals surface area (Å²) in [6.07, 6.45) is 1.48. The SMILES string of the molecule is Cc1ccc(NS(=O)(=O)Cc2cccc(C(N)=S)c2)cn1. The summed E-state index contributed by atoms with van der Waals surface area (Å²) in [5.41, 5.74) is 8.07. The Morgan fingerprint density at radius 1 is 1.33 bits per heavy atom. The lowest BCUT2D eigenvalue weighted by atomic mass is 10.1. The van der Waals surface area contributed by atoms with Crippen LogP contribution in [0.1, 0.15) is 16.8 Å². The molecule has 21 heavy (non-hydrogen) atoms. The number of pyridine rings is 1. The lowest BCUT2D eigenvalue weighted by molar-refractivity contribution is 0.600. The maximum atomic E-state index is 12.1. The molecule has 0 radical (unpaired) electrons. The van der Waals surface area contributed by atoms with Gasteiger partial charge in [-0.15, -0.1) is 0 Å². The second-order valence-electron chi connectivity index (χ2n) is 4.61. The van der Waals surface area contributed by atoms with Crippen molar-refractivity contribution in [3.8, 4) is 0 Å². The van der Waals surface area contributed by atoms with E-state index in [4.69, 9.17) is 18.0 Å². The molecule has 0 spiro atoms. The van der Waals surface area contributed by atoms with E-state index in [1.54, 1.807) is 36.4 Å². The van der Waals surface area contributed by atoms with Crippen molar-refractivity contribution in [3.05, 3.63) is 59.4 Å². The van der Waals surface area contributed by atoms with E-state index in [0.29, 0.717) is 16.8 Å². The number of anilines is 1. The van der Waals surface area contributed by atoms with Crippen LogP contribution in [-0.4, -0.2) is 18.4 Å². The summed E-state index contributed by atoms with van der Waals surface area (Å²) in [5, 5.41) is 0. The molecule has 2 rings (SSSR count). The van der Waals surface area contributed by atoms with Gasteiger partial charge in [0.05, 0.1) is 17.6 Å². The second-order valence-corrected chi connectivity index (χ2v) is 6.78. The Morgan fingerprint density at radius 3 is 2.71 bits per heavy atom. The average Bonchev–Trinajstić information content (AvgIpc) is 2.41. The van der Waals surface area contributed by atoms with Gasteiger partial charge >= 0.3 is 0 Å². The zero-order chi connectivity index (χ0) is 15.5. The van der Waals surface area contributed by atoms with Crippen LogP contribution in [0.4, 0.5) is 5.69 Å². The minimum absolute atomic E-state index is 0.155. The molecule has 3 N–H and O–H groups in total. The zero-order valence-electron chi connectivity index (χ0n) is 11.4. The van der Waals surface area contributed by atoms with Crippen molar-refractivity contribution in [1.29, 1.82) is 0 Å². The molecule has 5 nitrogen and oxygen atoms in total. The van der Waals surface area contributed by atoms with Gasteiger partial charge in [0.25, 0.3) is 0 Å². The summed E-state index contributed by atoms with van der Waals surface area (Å²) in [7, 11) is -3.52. The summed E-state index contributed by atoms with van der Waals surface area (Å²) in [4.78, 5) is 4.29. The van der Waals surface area contributed by atoms with Crippen LogP contribution in [0.25, 0.3) is 0 Å². The molecular weight excluding hydrogens is 306 g/mol. The molecule has 110 valence electrons. The molecule has 0 aliphatic heterocycles. The van der Waals surface area contributed by atoms with Crippen molar-refractivity contribution < 1.29 is 8.42 Å². The quantitative estimate of drug-likeness (QED) is 0.822. The Balaban J connectivity index is 2.15. The van der Waals surface area contributed by atoms with E-state index in [2.05, 4.69) is 9.71 Å². The first kappa shape index (κ1) is 15.4. The molecule has 0 atom stereocenters. The van der Waals surface area contributed by atoms with Crippen LogP contribution in [0.5, 0.6) is 0 Å². The van der Waals surface area contributed by atoms with Crippen molar-refractivity contribution in [2.45, 2.75) is 12.7 Å². The highest BCUT2D eigenvalue weighted by Gasteiger charge is 2.12. The molecule has 1 aromatic carbocycles. The van der Waals surface area contributed by atoms with E-state index in [9.17, 15) is 8.42 Å². The highest BCUT2D eigenvalue weighted by molar-refractivity contribution is 7.91. The van der Waals surface area contributed by atoms with E-state index in [1.807, 2.05) is 6.92 Å². The topological polar surface area (TPSA) is 85.1 Å². The molecule has 2 aromatic rings. The van der Waals surface area contributed by atoms with Crippen molar-refractivity contribution in [1.82, 2.24) is 4.98 Å². The fourth-order valence-electron chi connectivity index (χ4n) is 1.78. The van der Waals surface area contributed by atoms with Crippen LogP contribution in [0, 0.1) is 6.92 Å². The minimum atomic E-state index is -3.52. The molecular formula is C14H15N3O2S2. The van der Waals surface area contributed by atoms with Gasteiger partial charge in [-0.2, -0.15) is 0 Å². The van der Waals surface area contributed by atoms with E-state index in [1.165, 1.54) is 6.20 Å². The van der Waals surface area contributed by atoms with Gasteiger partial charge in [-0.1, -0.05) is 30.4 Å². The Kier molecular flexibility index (Phi) is 4.54. The molecule has 1 heterocycles. The number of benzene rings is 1. The maximum Gasteiger partial charge on any atom is 0.236 e. The molecule has 1 aromatic heterocycles. The maximum absolute atomic E-state index is 12.1. The number of hydrogen-bond donors (Lipinski definition) is 2. The van der Waals surface area contributed by atoms with Gasteiger partial charge in [-0.25, -0.2) is 8.42 Å². The first-order valence-electron chi connectivity index (χ1n) is 6.18. The molecule has 0 fully saturated rings. The Morgan fingerprint density at radius 2 is 2.10 bits per heavy atom. The summed E-state index contributed by atoms with van der Waals surface area (Å²) >= 11 is 4.88. The number of nitrogens with two attached hydrogens (primary N) is 1. The standard InChI is InChI=1S/C14H15N3O2S2/c1-10-5-6-13(8-16-10)17-21(18,19)9-11-3-2-4-12(7-11)14(15)20/h2-8,17H,9H2,1H3,(H2,15,20). The van der Waals surface area contributed by atoms with Gasteiger partial charge in [0.1, 0.15) is 4.99 Å². The molecule has 0 amide bonds. The fourth-order valence-corrected chi connectivity index (χ4v) is 3.08. The highest BCUT2D eigenvalue weighted by atomic mass is 32.2. The Bertz CT molecular complexity index is 756. The van der Waals surface area contributed by atoms with Crippen LogP contribution in [0.2, 0.25) is 0 Å². The first-order valence-corrected chi connectivity index (χ1v) is 8.24. The number of thiocarbonyl (C=S) groups is 1. The molecule has 0 aliphatic rings. The smallest absolute Gasteiger partial charge is 0.236 e. The molecule has 0 bridgehead atoms. The summed E-state index contributed by atoms with van der Waals surface area (Å²) < 4.78 is 26.8. The summed E-state index contributed by atoms with van der Waals surface area (Å²) in [6, 6.07) is 10.3. The number of rotatable bonds is 5. The fraction of sp³-hybridized carbons (Fsp3) is 0.143. The van der Waals surface area contributed by atoms with Gasteiger partial charge < -0.3 is 5.73 Å². The predicted octanol–water partition coefficient (Wildman–Crippen LogP) is 1.97. The average molecular weight is 321 g/mol. The van der Waals surface area contributed by atoms with Crippen LogP contribution in [0.3, 0.4) is 0 Å². The van der Waals surface area contributed by atoms with E-state index < -0.39 is 10.0 Å². The molecule has 0 saturated carbocycles. The number of nitrogens with zero attached hydrogens (tertiary/aromatic N) is 1. The number of sulfonamides is 1. The Labute approximate surface area is 129 Å². The monoisotopic (exact) mass is 321 g/mol. The van der Waals surface area contributed by atoms with Crippen LogP contribution >= 0.6 is 12.2 Å². The minimum Gasteiger partial charge on any atom is -0.389 e. The van der Waals surface area contributed by atoms with Gasteiger partial charge in [-0.05, 0) is 30.7 Å². The Hall–Kier alpha value is -1.99. The lowest BCUT2D eigenvalue weighted by Crippen LogP contribution is -2.16. The molecule has 0 saturated heterocycles. The van der Waals surface area contributed by atoms with Gasteiger partial charge in [-0.3, -0.25) is 9.71 Å². The van der Waals surface area contributed by atoms with Crippen molar-refractivity contribution >= 4 is 32.9 Å². The van der Waals surface area contributed by atoms with Crippen molar-refractivity contribution in [3.63, 3.8) is 0 Å². The lowest BCUT2D eigenvalue weighted by Gasteiger charge is -2.09. The van der Waals surface area contributed by atoms with Crippen LogP contribution in [0.15, 0.2) is 42.6 Å². The third-order valence-electron chi connectivity index (χ3n) is 2.75. The predicted molar refractivity (Wildman–Crippen MR) is 87.5 cm³/mol.